The van der Waals surface area contributed by atoms with E-state index < -0.39 is 0 Å². The minimum atomic E-state index is -0.335. The predicted molar refractivity (Wildman–Crippen MR) is 94.7 cm³/mol. The largest absolute Gasteiger partial charge is 0.343 e. The van der Waals surface area contributed by atoms with Crippen LogP contribution in [0.3, 0.4) is 0 Å². The van der Waals surface area contributed by atoms with Gasteiger partial charge in [-0.05, 0) is 44.1 Å². The van der Waals surface area contributed by atoms with Gasteiger partial charge in [0.2, 0.25) is 5.91 Å². The smallest absolute Gasteiger partial charge is 0.251 e. The molecule has 1 fully saturated rings. The van der Waals surface area contributed by atoms with E-state index in [0.717, 1.165) is 26.1 Å². The highest BCUT2D eigenvalue weighted by atomic mass is 35.5. The number of nitrogens with zero attached hydrogens (tertiary/aromatic N) is 1. The first-order valence-electron chi connectivity index (χ1n) is 7.17. The van der Waals surface area contributed by atoms with E-state index in [1.807, 2.05) is 7.05 Å². The van der Waals surface area contributed by atoms with E-state index in [-0.39, 0.29) is 30.8 Å². The number of hydrogen-bond acceptors (Lipinski definition) is 3. The van der Waals surface area contributed by atoms with Crippen molar-refractivity contribution in [2.24, 2.45) is 5.92 Å². The monoisotopic (exact) mass is 379 g/mol. The minimum absolute atomic E-state index is 0. The lowest BCUT2D eigenvalue weighted by molar-refractivity contribution is -0.129. The lowest BCUT2D eigenvalue weighted by Crippen LogP contribution is -2.39. The molecule has 8 heteroatoms. The summed E-state index contributed by atoms with van der Waals surface area (Å²) in [5, 5.41) is 6.45. The second-order valence-corrected chi connectivity index (χ2v) is 6.18. The number of halogens is 3. The third-order valence-electron chi connectivity index (χ3n) is 3.71. The topological polar surface area (TPSA) is 61.4 Å². The highest BCUT2D eigenvalue weighted by molar-refractivity contribution is 6.42. The first kappa shape index (κ1) is 20.0. The van der Waals surface area contributed by atoms with Crippen LogP contribution in [0.2, 0.25) is 10.0 Å². The summed E-state index contributed by atoms with van der Waals surface area (Å²) in [7, 11) is 1.90. The molecule has 0 aromatic heterocycles. The van der Waals surface area contributed by atoms with Crippen LogP contribution in [0, 0.1) is 5.92 Å². The van der Waals surface area contributed by atoms with Crippen LogP contribution in [0.25, 0.3) is 0 Å². The van der Waals surface area contributed by atoms with Crippen LogP contribution in [-0.2, 0) is 4.79 Å². The van der Waals surface area contributed by atoms with E-state index in [9.17, 15) is 9.59 Å². The van der Waals surface area contributed by atoms with Gasteiger partial charge in [0, 0.05) is 18.7 Å². The molecule has 0 bridgehead atoms. The molecule has 1 saturated heterocycles. The van der Waals surface area contributed by atoms with Crippen LogP contribution in [0.5, 0.6) is 0 Å². The summed E-state index contributed by atoms with van der Waals surface area (Å²) in [6.07, 6.45) is 0.993. The zero-order valence-electron chi connectivity index (χ0n) is 12.8. The van der Waals surface area contributed by atoms with Gasteiger partial charge in [-0.3, -0.25) is 9.59 Å². The molecule has 0 aliphatic carbocycles. The van der Waals surface area contributed by atoms with Crippen molar-refractivity contribution in [2.45, 2.75) is 6.42 Å². The number of carbonyl (C=O) groups excluding carboxylic acids is 2. The highest BCUT2D eigenvalue weighted by Gasteiger charge is 2.25. The number of hydrogen-bond donors (Lipinski definition) is 2. The van der Waals surface area contributed by atoms with Gasteiger partial charge in [0.15, 0.2) is 0 Å². The zero-order valence-corrected chi connectivity index (χ0v) is 15.1. The fourth-order valence-corrected chi connectivity index (χ4v) is 2.82. The van der Waals surface area contributed by atoms with Gasteiger partial charge in [-0.15, -0.1) is 12.4 Å². The van der Waals surface area contributed by atoms with E-state index in [1.54, 1.807) is 17.0 Å². The van der Waals surface area contributed by atoms with Crippen molar-refractivity contribution >= 4 is 47.4 Å². The van der Waals surface area contributed by atoms with Crippen molar-refractivity contribution in [1.29, 1.82) is 0 Å². The van der Waals surface area contributed by atoms with E-state index in [4.69, 9.17) is 23.2 Å². The van der Waals surface area contributed by atoms with Gasteiger partial charge >= 0.3 is 0 Å². The van der Waals surface area contributed by atoms with Crippen LogP contribution in [0.4, 0.5) is 0 Å². The summed E-state index contributed by atoms with van der Waals surface area (Å²) < 4.78 is 0. The highest BCUT2D eigenvalue weighted by Crippen LogP contribution is 2.22. The molecule has 1 aromatic carbocycles. The normalized spacial score (nSPS) is 16.8. The van der Waals surface area contributed by atoms with Crippen molar-refractivity contribution in [3.8, 4) is 0 Å². The van der Waals surface area contributed by atoms with Gasteiger partial charge < -0.3 is 15.5 Å². The van der Waals surface area contributed by atoms with E-state index in [0.29, 0.717) is 21.5 Å². The summed E-state index contributed by atoms with van der Waals surface area (Å²) in [6, 6.07) is 4.62. The molecule has 2 amide bonds. The molecular weight excluding hydrogens is 361 g/mol. The number of carbonyl (C=O) groups is 2. The van der Waals surface area contributed by atoms with Crippen molar-refractivity contribution in [2.75, 3.05) is 33.2 Å². The Labute approximate surface area is 152 Å². The minimum Gasteiger partial charge on any atom is -0.343 e. The van der Waals surface area contributed by atoms with Crippen LogP contribution in [0.15, 0.2) is 18.2 Å². The Morgan fingerprint density at radius 2 is 2.04 bits per heavy atom. The van der Waals surface area contributed by atoms with E-state index in [2.05, 4.69) is 10.6 Å². The SMILES string of the molecule is CNCC1CCN(C(=O)CNC(=O)c2ccc(Cl)c(Cl)c2)C1.Cl. The summed E-state index contributed by atoms with van der Waals surface area (Å²) in [5.74, 6) is 0.0876. The number of rotatable bonds is 5. The number of amides is 2. The summed E-state index contributed by atoms with van der Waals surface area (Å²) >= 11 is 11.7. The van der Waals surface area contributed by atoms with Gasteiger partial charge in [0.25, 0.3) is 5.91 Å². The van der Waals surface area contributed by atoms with Crippen molar-refractivity contribution in [3.05, 3.63) is 33.8 Å². The first-order chi connectivity index (χ1) is 10.5. The lowest BCUT2D eigenvalue weighted by Gasteiger charge is -2.17. The second-order valence-electron chi connectivity index (χ2n) is 5.36. The van der Waals surface area contributed by atoms with Crippen LogP contribution < -0.4 is 10.6 Å². The summed E-state index contributed by atoms with van der Waals surface area (Å²) in [5.41, 5.74) is 0.386. The Balaban J connectivity index is 0.00000264. The molecule has 0 radical (unpaired) electrons. The first-order valence-corrected chi connectivity index (χ1v) is 7.92. The molecule has 128 valence electrons. The predicted octanol–water partition coefficient (Wildman–Crippen LogP) is 2.21. The molecule has 5 nitrogen and oxygen atoms in total. The Morgan fingerprint density at radius 3 is 2.70 bits per heavy atom. The average Bonchev–Trinajstić information content (AvgIpc) is 2.96. The molecule has 0 spiro atoms. The maximum Gasteiger partial charge on any atom is 0.251 e. The van der Waals surface area contributed by atoms with Crippen LogP contribution in [0.1, 0.15) is 16.8 Å². The molecule has 0 saturated carbocycles. The number of likely N-dealkylation sites (tertiary alicyclic amines) is 1. The molecule has 1 atom stereocenters. The average molecular weight is 381 g/mol. The van der Waals surface area contributed by atoms with Crippen molar-refractivity contribution < 1.29 is 9.59 Å². The fraction of sp³-hybridized carbons (Fsp3) is 0.467. The lowest BCUT2D eigenvalue weighted by atomic mass is 10.1. The Morgan fingerprint density at radius 1 is 1.30 bits per heavy atom. The quantitative estimate of drug-likeness (QED) is 0.823. The fourth-order valence-electron chi connectivity index (χ4n) is 2.52. The number of benzene rings is 1. The van der Waals surface area contributed by atoms with Crippen molar-refractivity contribution in [1.82, 2.24) is 15.5 Å². The van der Waals surface area contributed by atoms with E-state index in [1.165, 1.54) is 6.07 Å². The standard InChI is InChI=1S/C15H19Cl2N3O2.ClH/c1-18-7-10-4-5-20(9-10)14(21)8-19-15(22)11-2-3-12(16)13(17)6-11;/h2-3,6,10,18H,4-5,7-9H2,1H3,(H,19,22);1H. The Bertz CT molecular complexity index is 569. The molecule has 2 rings (SSSR count). The molecule has 1 aliphatic heterocycles. The molecule has 2 N–H and O–H groups in total. The molecule has 1 unspecified atom stereocenters. The van der Waals surface area contributed by atoms with Crippen molar-refractivity contribution in [3.63, 3.8) is 0 Å². The summed E-state index contributed by atoms with van der Waals surface area (Å²) in [6.45, 7) is 2.38. The third kappa shape index (κ3) is 5.53. The Kier molecular flexibility index (Phi) is 8.12. The van der Waals surface area contributed by atoms with Gasteiger partial charge in [-0.2, -0.15) is 0 Å². The van der Waals surface area contributed by atoms with Gasteiger partial charge in [-0.1, -0.05) is 23.2 Å². The number of nitrogens with one attached hydrogen (secondary N) is 2. The van der Waals surface area contributed by atoms with Crippen LogP contribution in [-0.4, -0.2) is 49.9 Å². The summed E-state index contributed by atoms with van der Waals surface area (Å²) in [4.78, 5) is 25.9. The zero-order chi connectivity index (χ0) is 16.1. The van der Waals surface area contributed by atoms with Gasteiger partial charge in [0.05, 0.1) is 16.6 Å². The molecule has 1 aromatic rings. The molecule has 1 aliphatic rings. The maximum atomic E-state index is 12.1. The van der Waals surface area contributed by atoms with Gasteiger partial charge in [0.1, 0.15) is 0 Å². The second kappa shape index (κ2) is 9.33. The third-order valence-corrected chi connectivity index (χ3v) is 4.45. The van der Waals surface area contributed by atoms with Crippen LogP contribution >= 0.6 is 35.6 Å². The molecule has 23 heavy (non-hydrogen) atoms. The van der Waals surface area contributed by atoms with Gasteiger partial charge in [-0.25, -0.2) is 0 Å². The molecule has 1 heterocycles. The van der Waals surface area contributed by atoms with E-state index >= 15 is 0 Å². The molecular formula is C15H20Cl3N3O2. The maximum absolute atomic E-state index is 12.1. The Hall–Kier alpha value is -1.01.